The van der Waals surface area contributed by atoms with Crippen molar-refractivity contribution in [2.45, 2.75) is 25.4 Å². The molecule has 132 valence electrons. The summed E-state index contributed by atoms with van der Waals surface area (Å²) in [6.45, 7) is 3.67. The summed E-state index contributed by atoms with van der Waals surface area (Å²) in [7, 11) is 0.167. The van der Waals surface area contributed by atoms with Crippen LogP contribution in [0.3, 0.4) is 0 Å². The van der Waals surface area contributed by atoms with Gasteiger partial charge in [0.2, 0.25) is 5.91 Å². The molecule has 0 saturated carbocycles. The SMILES string of the molecule is CCCNC(=O)N1CCN(CC(=O)N(C)C)[C@H]2CS(=O)(=O)C[C@H]21. The number of nitrogens with zero attached hydrogens (tertiary/aromatic N) is 3. The molecule has 23 heavy (non-hydrogen) atoms. The molecule has 2 aliphatic rings. The van der Waals surface area contributed by atoms with Crippen LogP contribution in [0.5, 0.6) is 0 Å². The van der Waals surface area contributed by atoms with E-state index < -0.39 is 9.84 Å². The quantitative estimate of drug-likeness (QED) is 0.704. The first-order valence-electron chi connectivity index (χ1n) is 7.94. The van der Waals surface area contributed by atoms with Crippen LogP contribution in [0.15, 0.2) is 0 Å². The summed E-state index contributed by atoms with van der Waals surface area (Å²) in [4.78, 5) is 29.3. The van der Waals surface area contributed by atoms with Gasteiger partial charge in [-0.2, -0.15) is 0 Å². The van der Waals surface area contributed by atoms with Crippen molar-refractivity contribution in [1.29, 1.82) is 0 Å². The highest BCUT2D eigenvalue weighted by Crippen LogP contribution is 2.27. The summed E-state index contributed by atoms with van der Waals surface area (Å²) < 4.78 is 24.1. The molecule has 1 N–H and O–H groups in total. The minimum Gasteiger partial charge on any atom is -0.348 e. The maximum atomic E-state index is 12.3. The van der Waals surface area contributed by atoms with E-state index in [4.69, 9.17) is 0 Å². The van der Waals surface area contributed by atoms with Crippen LogP contribution in [-0.2, 0) is 14.6 Å². The number of piperazine rings is 1. The van der Waals surface area contributed by atoms with Crippen molar-refractivity contribution in [3.63, 3.8) is 0 Å². The third-order valence-electron chi connectivity index (χ3n) is 4.42. The maximum absolute atomic E-state index is 12.3. The third-order valence-corrected chi connectivity index (χ3v) is 6.11. The van der Waals surface area contributed by atoms with Gasteiger partial charge in [0.1, 0.15) is 0 Å². The van der Waals surface area contributed by atoms with Crippen LogP contribution in [0.4, 0.5) is 4.79 Å². The van der Waals surface area contributed by atoms with E-state index in [1.807, 2.05) is 11.8 Å². The largest absolute Gasteiger partial charge is 0.348 e. The smallest absolute Gasteiger partial charge is 0.317 e. The zero-order valence-electron chi connectivity index (χ0n) is 14.0. The lowest BCUT2D eigenvalue weighted by Crippen LogP contribution is -2.63. The molecule has 0 aliphatic carbocycles. The van der Waals surface area contributed by atoms with Gasteiger partial charge in [-0.15, -0.1) is 0 Å². The molecule has 2 rings (SSSR count). The number of hydrogen-bond donors (Lipinski definition) is 1. The highest BCUT2D eigenvalue weighted by Gasteiger charge is 2.48. The van der Waals surface area contributed by atoms with Gasteiger partial charge >= 0.3 is 6.03 Å². The van der Waals surface area contributed by atoms with Crippen molar-refractivity contribution in [3.8, 4) is 0 Å². The van der Waals surface area contributed by atoms with E-state index >= 15 is 0 Å². The molecule has 0 aromatic heterocycles. The van der Waals surface area contributed by atoms with Gasteiger partial charge in [0.05, 0.1) is 24.1 Å². The number of carbonyl (C=O) groups is 2. The molecule has 0 spiro atoms. The second kappa shape index (κ2) is 7.04. The summed E-state index contributed by atoms with van der Waals surface area (Å²) in [6.07, 6.45) is 0.829. The number of amides is 3. The van der Waals surface area contributed by atoms with E-state index in [0.29, 0.717) is 19.6 Å². The predicted octanol–water partition coefficient (Wildman–Crippen LogP) is -1.02. The molecule has 2 heterocycles. The van der Waals surface area contributed by atoms with Crippen molar-refractivity contribution in [1.82, 2.24) is 20.0 Å². The van der Waals surface area contributed by atoms with E-state index in [2.05, 4.69) is 5.32 Å². The Hall–Kier alpha value is -1.35. The Bertz CT molecular complexity index is 563. The Morgan fingerprint density at radius 2 is 1.83 bits per heavy atom. The normalized spacial score (nSPS) is 26.7. The first kappa shape index (κ1) is 18.0. The number of likely N-dealkylation sites (N-methyl/N-ethyl adjacent to an activating group) is 1. The monoisotopic (exact) mass is 346 g/mol. The fourth-order valence-corrected chi connectivity index (χ4v) is 5.13. The fourth-order valence-electron chi connectivity index (χ4n) is 3.12. The lowest BCUT2D eigenvalue weighted by molar-refractivity contribution is -0.131. The van der Waals surface area contributed by atoms with Gasteiger partial charge in [0, 0.05) is 39.8 Å². The van der Waals surface area contributed by atoms with Crippen molar-refractivity contribution < 1.29 is 18.0 Å². The number of nitrogens with one attached hydrogen (secondary N) is 1. The van der Waals surface area contributed by atoms with Gasteiger partial charge < -0.3 is 15.1 Å². The van der Waals surface area contributed by atoms with E-state index in [1.54, 1.807) is 19.0 Å². The van der Waals surface area contributed by atoms with Gasteiger partial charge in [0.25, 0.3) is 0 Å². The van der Waals surface area contributed by atoms with Crippen LogP contribution in [0.1, 0.15) is 13.3 Å². The standard InChI is InChI=1S/C14H26N4O4S/c1-4-5-15-14(20)18-7-6-17(8-13(19)16(2)3)11-9-23(21,22)10-12(11)18/h11-12H,4-10H2,1-3H3,(H,15,20)/t11-,12+/m0/s1. The fraction of sp³-hybridized carbons (Fsp3) is 0.857. The molecule has 3 amide bonds. The number of carbonyl (C=O) groups excluding carboxylic acids is 2. The van der Waals surface area contributed by atoms with Crippen LogP contribution in [0.25, 0.3) is 0 Å². The Balaban J connectivity index is 2.13. The third kappa shape index (κ3) is 4.14. The molecule has 9 heteroatoms. The summed E-state index contributed by atoms with van der Waals surface area (Å²) in [6, 6.07) is -0.886. The number of fused-ring (bicyclic) bond motifs is 1. The molecule has 0 unspecified atom stereocenters. The Kier molecular flexibility index (Phi) is 5.51. The molecule has 0 radical (unpaired) electrons. The van der Waals surface area contributed by atoms with Crippen LogP contribution < -0.4 is 5.32 Å². The molecule has 2 atom stereocenters. The van der Waals surface area contributed by atoms with E-state index in [1.165, 1.54) is 4.90 Å². The predicted molar refractivity (Wildman–Crippen MR) is 86.9 cm³/mol. The summed E-state index contributed by atoms with van der Waals surface area (Å²) >= 11 is 0. The average molecular weight is 346 g/mol. The summed E-state index contributed by atoms with van der Waals surface area (Å²) in [5, 5.41) is 2.81. The minimum atomic E-state index is -3.19. The lowest BCUT2D eigenvalue weighted by atomic mass is 10.1. The van der Waals surface area contributed by atoms with Gasteiger partial charge in [-0.3, -0.25) is 9.69 Å². The van der Waals surface area contributed by atoms with Gasteiger partial charge in [-0.25, -0.2) is 13.2 Å². The van der Waals surface area contributed by atoms with E-state index in [0.717, 1.165) is 6.42 Å². The van der Waals surface area contributed by atoms with Crippen molar-refractivity contribution in [2.75, 3.05) is 51.8 Å². The number of rotatable bonds is 4. The molecular formula is C14H26N4O4S. The highest BCUT2D eigenvalue weighted by molar-refractivity contribution is 7.91. The Morgan fingerprint density at radius 1 is 1.17 bits per heavy atom. The van der Waals surface area contributed by atoms with Gasteiger partial charge in [-0.1, -0.05) is 6.92 Å². The number of sulfone groups is 1. The van der Waals surface area contributed by atoms with Crippen molar-refractivity contribution in [2.24, 2.45) is 0 Å². The second-order valence-electron chi connectivity index (χ2n) is 6.40. The molecule has 0 aromatic rings. The molecule has 2 fully saturated rings. The second-order valence-corrected chi connectivity index (χ2v) is 8.55. The van der Waals surface area contributed by atoms with Crippen LogP contribution in [0.2, 0.25) is 0 Å². The lowest BCUT2D eigenvalue weighted by Gasteiger charge is -2.43. The molecule has 0 aromatic carbocycles. The first-order chi connectivity index (χ1) is 10.7. The van der Waals surface area contributed by atoms with Crippen LogP contribution >= 0.6 is 0 Å². The molecule has 2 saturated heterocycles. The zero-order chi connectivity index (χ0) is 17.2. The van der Waals surface area contributed by atoms with Crippen LogP contribution in [-0.4, -0.2) is 98.9 Å². The highest BCUT2D eigenvalue weighted by atomic mass is 32.2. The molecule has 0 bridgehead atoms. The average Bonchev–Trinajstić information content (AvgIpc) is 2.80. The number of hydrogen-bond acceptors (Lipinski definition) is 5. The summed E-state index contributed by atoms with van der Waals surface area (Å²) in [5.41, 5.74) is 0. The molecule has 2 aliphatic heterocycles. The van der Waals surface area contributed by atoms with Gasteiger partial charge in [-0.05, 0) is 6.42 Å². The number of urea groups is 1. The van der Waals surface area contributed by atoms with Crippen molar-refractivity contribution in [3.05, 3.63) is 0 Å². The maximum Gasteiger partial charge on any atom is 0.317 e. The summed E-state index contributed by atoms with van der Waals surface area (Å²) in [5.74, 6) is -0.0725. The minimum absolute atomic E-state index is 0.00985. The topological polar surface area (TPSA) is 90.0 Å². The van der Waals surface area contributed by atoms with E-state index in [-0.39, 0.29) is 42.1 Å². The Morgan fingerprint density at radius 3 is 2.43 bits per heavy atom. The molecule has 8 nitrogen and oxygen atoms in total. The van der Waals surface area contributed by atoms with Crippen molar-refractivity contribution >= 4 is 21.8 Å². The Labute approximate surface area is 137 Å². The van der Waals surface area contributed by atoms with Crippen LogP contribution in [0, 0.1) is 0 Å². The van der Waals surface area contributed by atoms with E-state index in [9.17, 15) is 18.0 Å². The first-order valence-corrected chi connectivity index (χ1v) is 9.76. The molecular weight excluding hydrogens is 320 g/mol. The zero-order valence-corrected chi connectivity index (χ0v) is 14.8. The van der Waals surface area contributed by atoms with Gasteiger partial charge in [0.15, 0.2) is 9.84 Å².